The van der Waals surface area contributed by atoms with Crippen LogP contribution in [0.15, 0.2) is 85.5 Å². The second-order valence-corrected chi connectivity index (χ2v) is 10.2. The molecule has 3 aromatic rings. The van der Waals surface area contributed by atoms with E-state index in [0.717, 1.165) is 32.6 Å². The number of carbonyl (C=O) groups is 1. The van der Waals surface area contributed by atoms with Crippen molar-refractivity contribution < 1.29 is 29.7 Å². The van der Waals surface area contributed by atoms with Crippen LogP contribution in [-0.2, 0) is 29.7 Å². The van der Waals surface area contributed by atoms with Crippen molar-refractivity contribution in [3.63, 3.8) is 0 Å². The van der Waals surface area contributed by atoms with Crippen LogP contribution in [0.3, 0.4) is 0 Å². The number of carbonyl (C=O) groups excluding carboxylic acids is 1. The van der Waals surface area contributed by atoms with E-state index in [1.165, 1.54) is 13.0 Å². The number of allylic oxidation sites excluding steroid dienone is 1. The van der Waals surface area contributed by atoms with Gasteiger partial charge in [0.2, 0.25) is 0 Å². The molecule has 4 heteroatoms. The molecule has 3 rings (SSSR count). The zero-order valence-electron chi connectivity index (χ0n) is 18.1. The van der Waals surface area contributed by atoms with Gasteiger partial charge in [-0.3, -0.25) is 0 Å². The summed E-state index contributed by atoms with van der Waals surface area (Å²) in [6.45, 7) is 14.3. The van der Waals surface area contributed by atoms with Crippen LogP contribution in [0.4, 0.5) is 0 Å². The smallest absolute Gasteiger partial charge is 0 e. The van der Waals surface area contributed by atoms with E-state index in [1.807, 2.05) is 36.4 Å². The maximum atomic E-state index is 12.3. The quantitative estimate of drug-likeness (QED) is 0.276. The Kier molecular flexibility index (Phi) is 10.2. The Morgan fingerprint density at radius 3 is 1.30 bits per heavy atom. The van der Waals surface area contributed by atoms with Gasteiger partial charge in [-0.2, -0.15) is 0 Å². The molecule has 2 nitrogen and oxygen atoms in total. The standard InChI is InChI=1S/C23H25O2P.C3H5.Pd/c1-17-11-5-8-14-21(17)26(25-20(4)24,22-15-9-6-12-18(22)2)23-16-10-7-13-19(23)3;1-3-2;/h5-16,26H,1-4H3;3H,1-2H2;/q;-1;. The van der Waals surface area contributed by atoms with Crippen LogP contribution in [0.1, 0.15) is 23.6 Å². The summed E-state index contributed by atoms with van der Waals surface area (Å²) in [6.07, 6.45) is 1.50. The number of hydrogen-bond donors (Lipinski definition) is 0. The molecule has 0 radical (unpaired) electrons. The molecule has 30 heavy (non-hydrogen) atoms. The molecule has 0 aliphatic heterocycles. The summed E-state index contributed by atoms with van der Waals surface area (Å²) in [7, 11) is -2.97. The average molecular weight is 512 g/mol. The third-order valence-corrected chi connectivity index (χ3v) is 9.42. The minimum absolute atomic E-state index is 0. The Bertz CT molecular complexity index is 887. The van der Waals surface area contributed by atoms with Crippen molar-refractivity contribution in [2.75, 3.05) is 0 Å². The van der Waals surface area contributed by atoms with Crippen LogP contribution >= 0.6 is 7.49 Å². The van der Waals surface area contributed by atoms with Gasteiger partial charge in [0.05, 0.1) is 0 Å². The van der Waals surface area contributed by atoms with Gasteiger partial charge < -0.3 is 0 Å². The summed E-state index contributed by atoms with van der Waals surface area (Å²) in [4.78, 5) is 12.3. The van der Waals surface area contributed by atoms with Crippen molar-refractivity contribution in [2.45, 2.75) is 27.7 Å². The number of benzene rings is 3. The summed E-state index contributed by atoms with van der Waals surface area (Å²) in [5.74, 6) is -0.244. The van der Waals surface area contributed by atoms with Crippen molar-refractivity contribution >= 4 is 29.4 Å². The third-order valence-electron chi connectivity index (χ3n) is 4.87. The first-order chi connectivity index (χ1) is 13.9. The molecule has 0 unspecified atom stereocenters. The van der Waals surface area contributed by atoms with Crippen LogP contribution in [0.25, 0.3) is 0 Å². The van der Waals surface area contributed by atoms with E-state index in [1.54, 1.807) is 0 Å². The molecule has 0 spiro atoms. The average Bonchev–Trinajstić information content (AvgIpc) is 2.68. The number of aryl methyl sites for hydroxylation is 3. The maximum absolute atomic E-state index is 12.3. The molecular weight excluding hydrogens is 482 g/mol. The van der Waals surface area contributed by atoms with E-state index >= 15 is 0 Å². The monoisotopic (exact) mass is 511 g/mol. The van der Waals surface area contributed by atoms with Crippen molar-refractivity contribution in [1.82, 2.24) is 0 Å². The summed E-state index contributed by atoms with van der Waals surface area (Å²) < 4.78 is 6.34. The molecule has 0 saturated carbocycles. The molecule has 0 aliphatic rings. The Morgan fingerprint density at radius 1 is 0.800 bits per heavy atom. The predicted octanol–water partition coefficient (Wildman–Crippen LogP) is 5.12. The second kappa shape index (κ2) is 11.9. The Hall–Kier alpha value is -2.17. The van der Waals surface area contributed by atoms with Gasteiger partial charge in [0.15, 0.2) is 0 Å². The van der Waals surface area contributed by atoms with E-state index in [9.17, 15) is 4.79 Å². The molecular formula is C26H30O2PPd-. The van der Waals surface area contributed by atoms with E-state index in [-0.39, 0.29) is 26.4 Å². The van der Waals surface area contributed by atoms with Gasteiger partial charge in [-0.05, 0) is 0 Å². The molecule has 162 valence electrons. The van der Waals surface area contributed by atoms with Crippen molar-refractivity contribution in [1.29, 1.82) is 0 Å². The SMILES string of the molecule is C=C[CH2-].CC(=O)O[PH](c1ccccc1C)(c1ccccc1C)c1ccccc1C.[Pd]. The molecule has 0 aliphatic carbocycles. The minimum Gasteiger partial charge on any atom is 0 e. The summed E-state index contributed by atoms with van der Waals surface area (Å²) in [5, 5.41) is 3.37. The molecule has 0 N–H and O–H groups in total. The van der Waals surface area contributed by atoms with Gasteiger partial charge >= 0.3 is 156 Å². The van der Waals surface area contributed by atoms with Crippen molar-refractivity contribution in [3.05, 3.63) is 109 Å². The van der Waals surface area contributed by atoms with Crippen LogP contribution in [-0.4, -0.2) is 5.97 Å². The van der Waals surface area contributed by atoms with E-state index in [4.69, 9.17) is 4.52 Å². The molecule has 0 saturated heterocycles. The fourth-order valence-electron chi connectivity index (χ4n) is 3.72. The van der Waals surface area contributed by atoms with Crippen molar-refractivity contribution in [3.8, 4) is 0 Å². The minimum atomic E-state index is -2.97. The van der Waals surface area contributed by atoms with E-state index < -0.39 is 7.49 Å². The number of hydrogen-bond acceptors (Lipinski definition) is 2. The van der Waals surface area contributed by atoms with Crippen LogP contribution in [0.2, 0.25) is 0 Å². The van der Waals surface area contributed by atoms with Gasteiger partial charge in [-0.1, -0.05) is 0 Å². The van der Waals surface area contributed by atoms with E-state index in [0.29, 0.717) is 0 Å². The zero-order valence-corrected chi connectivity index (χ0v) is 20.6. The second-order valence-electron chi connectivity index (χ2n) is 7.01. The Labute approximate surface area is 195 Å². The van der Waals surface area contributed by atoms with Crippen LogP contribution in [0.5, 0.6) is 0 Å². The first-order valence-corrected chi connectivity index (χ1v) is 11.6. The summed E-state index contributed by atoms with van der Waals surface area (Å²) in [6, 6.07) is 24.8. The predicted molar refractivity (Wildman–Crippen MR) is 128 cm³/mol. The summed E-state index contributed by atoms with van der Waals surface area (Å²) >= 11 is 0. The Balaban J connectivity index is 0.00000106. The molecule has 0 amide bonds. The van der Waals surface area contributed by atoms with Gasteiger partial charge in [0.1, 0.15) is 0 Å². The van der Waals surface area contributed by atoms with Gasteiger partial charge in [0, 0.05) is 20.4 Å². The van der Waals surface area contributed by atoms with Crippen LogP contribution in [0, 0.1) is 27.7 Å². The molecule has 0 aromatic heterocycles. The fraction of sp³-hybridized carbons (Fsp3) is 0.154. The number of rotatable bonds is 4. The largest absolute Gasteiger partial charge is 0 e. The van der Waals surface area contributed by atoms with Crippen LogP contribution < -0.4 is 15.9 Å². The molecule has 3 aromatic carbocycles. The van der Waals surface area contributed by atoms with Gasteiger partial charge in [-0.15, -0.1) is 0 Å². The first-order valence-electron chi connectivity index (χ1n) is 9.66. The van der Waals surface area contributed by atoms with Gasteiger partial charge in [0.25, 0.3) is 0 Å². The first kappa shape index (κ1) is 25.9. The maximum Gasteiger partial charge on any atom is 0 e. The van der Waals surface area contributed by atoms with Gasteiger partial charge in [-0.25, -0.2) is 19.6 Å². The molecule has 0 fully saturated rings. The normalized spacial score (nSPS) is 10.7. The third kappa shape index (κ3) is 5.50. The Morgan fingerprint density at radius 2 is 1.07 bits per heavy atom. The molecule has 0 atom stereocenters. The van der Waals surface area contributed by atoms with E-state index in [2.05, 4.69) is 70.7 Å². The van der Waals surface area contributed by atoms with Crippen molar-refractivity contribution in [2.24, 2.45) is 0 Å². The molecule has 0 bridgehead atoms. The zero-order chi connectivity index (χ0) is 21.4. The summed E-state index contributed by atoms with van der Waals surface area (Å²) in [5.41, 5.74) is 3.44. The fourth-order valence-corrected chi connectivity index (χ4v) is 8.26. The molecule has 0 heterocycles. The topological polar surface area (TPSA) is 26.3 Å².